The number of rotatable bonds is 0. The van der Waals surface area contributed by atoms with Gasteiger partial charge in [-0.25, -0.2) is 0 Å². The van der Waals surface area contributed by atoms with Gasteiger partial charge in [-0.15, -0.1) is 0 Å². The fourth-order valence-corrected chi connectivity index (χ4v) is 2.22. The van der Waals surface area contributed by atoms with E-state index in [9.17, 15) is 0 Å². The zero-order valence-corrected chi connectivity index (χ0v) is 10.1. The minimum atomic E-state index is 0.0193. The monoisotopic (exact) mass is 251 g/mol. The van der Waals surface area contributed by atoms with E-state index < -0.39 is 0 Å². The van der Waals surface area contributed by atoms with Crippen LogP contribution in [0.25, 0.3) is 5.57 Å². The average Bonchev–Trinajstić information content (AvgIpc) is 2.14. The van der Waals surface area contributed by atoms with E-state index in [1.54, 1.807) is 0 Å². The van der Waals surface area contributed by atoms with Gasteiger partial charge < -0.3 is 5.32 Å². The second-order valence-corrected chi connectivity index (χ2v) is 5.20. The molecular weight excluding hydrogens is 238 g/mol. The third kappa shape index (κ3) is 1.38. The van der Waals surface area contributed by atoms with Crippen molar-refractivity contribution >= 4 is 27.2 Å². The molecule has 0 amide bonds. The number of fused-ring (bicyclic) bond motifs is 1. The quantitative estimate of drug-likeness (QED) is 0.695. The summed E-state index contributed by atoms with van der Waals surface area (Å²) in [6.07, 6.45) is 0. The molecule has 1 unspecified atom stereocenters. The number of alkyl halides is 1. The molecule has 1 nitrogen and oxygen atoms in total. The van der Waals surface area contributed by atoms with E-state index >= 15 is 0 Å². The average molecular weight is 252 g/mol. The topological polar surface area (TPSA) is 12.0 Å². The lowest BCUT2D eigenvalue weighted by atomic mass is 9.86. The van der Waals surface area contributed by atoms with Gasteiger partial charge in [-0.05, 0) is 25.5 Å². The molecule has 1 N–H and O–H groups in total. The van der Waals surface area contributed by atoms with Crippen molar-refractivity contribution in [2.24, 2.45) is 0 Å². The zero-order valence-electron chi connectivity index (χ0n) is 8.47. The van der Waals surface area contributed by atoms with Crippen molar-refractivity contribution in [3.8, 4) is 0 Å². The molecule has 1 atom stereocenters. The summed E-state index contributed by atoms with van der Waals surface area (Å²) in [6.45, 7) is 8.49. The molecule has 1 aromatic carbocycles. The van der Waals surface area contributed by atoms with Gasteiger partial charge in [0.25, 0.3) is 0 Å². The maximum atomic E-state index is 4.15. The predicted octanol–water partition coefficient (Wildman–Crippen LogP) is 3.67. The van der Waals surface area contributed by atoms with E-state index in [0.717, 1.165) is 5.57 Å². The first kappa shape index (κ1) is 9.78. The molecule has 0 saturated carbocycles. The van der Waals surface area contributed by atoms with E-state index in [4.69, 9.17) is 0 Å². The number of para-hydroxylation sites is 1. The first-order valence-corrected chi connectivity index (χ1v) is 5.64. The Balaban J connectivity index is 2.54. The van der Waals surface area contributed by atoms with Gasteiger partial charge in [0, 0.05) is 16.8 Å². The molecule has 0 saturated heterocycles. The number of hydrogen-bond donors (Lipinski definition) is 1. The Hall–Kier alpha value is -0.760. The van der Waals surface area contributed by atoms with Crippen molar-refractivity contribution in [1.29, 1.82) is 0 Å². The van der Waals surface area contributed by atoms with E-state index in [2.05, 4.69) is 53.8 Å². The molecule has 74 valence electrons. The summed E-state index contributed by atoms with van der Waals surface area (Å²) in [5, 5.41) is 3.51. The summed E-state index contributed by atoms with van der Waals surface area (Å²) < 4.78 is 0. The normalized spacial score (nSPS) is 23.9. The molecule has 0 radical (unpaired) electrons. The fraction of sp³-hybridized carbons (Fsp3) is 0.333. The standard InChI is InChI=1S/C12H14BrN/c1-8-9-6-4-5-7-10(9)14-12(2,3)11(8)13/h4-7,11,14H,1H2,2-3H3. The Morgan fingerprint density at radius 2 is 2.00 bits per heavy atom. The molecular formula is C12H14BrN. The van der Waals surface area contributed by atoms with Crippen molar-refractivity contribution in [2.45, 2.75) is 24.2 Å². The number of halogens is 1. The van der Waals surface area contributed by atoms with Crippen LogP contribution in [-0.4, -0.2) is 10.4 Å². The Morgan fingerprint density at radius 1 is 1.36 bits per heavy atom. The fourth-order valence-electron chi connectivity index (χ4n) is 1.85. The van der Waals surface area contributed by atoms with Crippen LogP contribution in [0.15, 0.2) is 30.8 Å². The number of hydrogen-bond acceptors (Lipinski definition) is 1. The second kappa shape index (κ2) is 3.13. The summed E-state index contributed by atoms with van der Waals surface area (Å²) >= 11 is 3.68. The highest BCUT2D eigenvalue weighted by molar-refractivity contribution is 9.09. The van der Waals surface area contributed by atoms with Gasteiger partial charge in [0.05, 0.1) is 4.83 Å². The van der Waals surface area contributed by atoms with E-state index in [0.29, 0.717) is 0 Å². The number of benzene rings is 1. The summed E-state index contributed by atoms with van der Waals surface area (Å²) in [4.78, 5) is 0.282. The maximum Gasteiger partial charge on any atom is 0.0620 e. The lowest BCUT2D eigenvalue weighted by molar-refractivity contribution is 0.594. The second-order valence-electron chi connectivity index (χ2n) is 4.28. The molecule has 2 rings (SSSR count). The summed E-state index contributed by atoms with van der Waals surface area (Å²) in [6, 6.07) is 8.29. The predicted molar refractivity (Wildman–Crippen MR) is 65.9 cm³/mol. The maximum absolute atomic E-state index is 4.15. The Labute approximate surface area is 93.3 Å². The van der Waals surface area contributed by atoms with Gasteiger partial charge >= 0.3 is 0 Å². The van der Waals surface area contributed by atoms with Crippen molar-refractivity contribution < 1.29 is 0 Å². The molecule has 1 aromatic rings. The highest BCUT2D eigenvalue weighted by Gasteiger charge is 2.34. The first-order chi connectivity index (χ1) is 6.52. The number of anilines is 1. The van der Waals surface area contributed by atoms with Crippen LogP contribution < -0.4 is 5.32 Å². The van der Waals surface area contributed by atoms with Crippen molar-refractivity contribution in [2.75, 3.05) is 5.32 Å². The summed E-state index contributed by atoms with van der Waals surface area (Å²) in [5.41, 5.74) is 3.57. The van der Waals surface area contributed by atoms with Gasteiger partial charge in [0.2, 0.25) is 0 Å². The van der Waals surface area contributed by atoms with E-state index in [1.165, 1.54) is 11.3 Å². The molecule has 0 aliphatic carbocycles. The summed E-state index contributed by atoms with van der Waals surface area (Å²) in [7, 11) is 0. The van der Waals surface area contributed by atoms with Crippen LogP contribution in [0.3, 0.4) is 0 Å². The molecule has 0 fully saturated rings. The highest BCUT2D eigenvalue weighted by Crippen LogP contribution is 2.40. The summed E-state index contributed by atoms with van der Waals surface area (Å²) in [5.74, 6) is 0. The van der Waals surface area contributed by atoms with Crippen LogP contribution in [-0.2, 0) is 0 Å². The van der Waals surface area contributed by atoms with Crippen LogP contribution in [0.5, 0.6) is 0 Å². The van der Waals surface area contributed by atoms with Gasteiger partial charge in [-0.1, -0.05) is 40.7 Å². The van der Waals surface area contributed by atoms with Crippen molar-refractivity contribution in [3.05, 3.63) is 36.4 Å². The van der Waals surface area contributed by atoms with Gasteiger partial charge in [0.15, 0.2) is 0 Å². The molecule has 14 heavy (non-hydrogen) atoms. The van der Waals surface area contributed by atoms with Crippen LogP contribution >= 0.6 is 15.9 Å². The Morgan fingerprint density at radius 3 is 2.71 bits per heavy atom. The van der Waals surface area contributed by atoms with Crippen molar-refractivity contribution in [3.63, 3.8) is 0 Å². The zero-order chi connectivity index (χ0) is 10.3. The largest absolute Gasteiger partial charge is 0.378 e. The SMILES string of the molecule is C=C1c2ccccc2NC(C)(C)C1Br. The third-order valence-corrected chi connectivity index (χ3v) is 4.37. The molecule has 0 bridgehead atoms. The number of nitrogens with one attached hydrogen (secondary N) is 1. The third-order valence-electron chi connectivity index (χ3n) is 2.67. The van der Waals surface area contributed by atoms with E-state index in [1.807, 2.05) is 12.1 Å². The van der Waals surface area contributed by atoms with E-state index in [-0.39, 0.29) is 10.4 Å². The van der Waals surface area contributed by atoms with Crippen molar-refractivity contribution in [1.82, 2.24) is 0 Å². The Kier molecular flexibility index (Phi) is 2.18. The molecule has 0 spiro atoms. The lowest BCUT2D eigenvalue weighted by Gasteiger charge is -2.39. The minimum absolute atomic E-state index is 0.0193. The van der Waals surface area contributed by atoms with Gasteiger partial charge in [-0.3, -0.25) is 0 Å². The lowest BCUT2D eigenvalue weighted by Crippen LogP contribution is -2.44. The van der Waals surface area contributed by atoms with Crippen LogP contribution in [0.2, 0.25) is 0 Å². The van der Waals surface area contributed by atoms with Gasteiger partial charge in [0.1, 0.15) is 0 Å². The highest BCUT2D eigenvalue weighted by atomic mass is 79.9. The molecule has 1 aliphatic heterocycles. The first-order valence-electron chi connectivity index (χ1n) is 4.73. The smallest absolute Gasteiger partial charge is 0.0620 e. The molecule has 2 heteroatoms. The molecule has 1 aliphatic rings. The Bertz CT molecular complexity index is 382. The van der Waals surface area contributed by atoms with Crippen LogP contribution in [0.1, 0.15) is 19.4 Å². The van der Waals surface area contributed by atoms with Gasteiger partial charge in [-0.2, -0.15) is 0 Å². The molecule has 1 heterocycles. The molecule has 0 aromatic heterocycles. The minimum Gasteiger partial charge on any atom is -0.378 e. The van der Waals surface area contributed by atoms with Crippen LogP contribution in [0.4, 0.5) is 5.69 Å². The van der Waals surface area contributed by atoms with Crippen LogP contribution in [0, 0.1) is 0 Å².